The van der Waals surface area contributed by atoms with E-state index in [1.807, 2.05) is 0 Å². The molecule has 0 aromatic rings. The van der Waals surface area contributed by atoms with Crippen LogP contribution in [0.1, 0.15) is 32.6 Å². The van der Waals surface area contributed by atoms with Crippen molar-refractivity contribution in [3.05, 3.63) is 0 Å². The molecule has 0 spiro atoms. The molecule has 0 aliphatic carbocycles. The van der Waals surface area contributed by atoms with Crippen LogP contribution in [0.3, 0.4) is 0 Å². The van der Waals surface area contributed by atoms with Gasteiger partial charge in [-0.25, -0.2) is 0 Å². The van der Waals surface area contributed by atoms with Crippen molar-refractivity contribution in [3.63, 3.8) is 0 Å². The molecule has 0 aromatic carbocycles. The quantitative estimate of drug-likeness (QED) is 0.473. The first kappa shape index (κ1) is 12.5. The molecule has 0 aliphatic heterocycles. The first-order valence-corrected chi connectivity index (χ1v) is 4.26. The molecule has 0 atom stereocenters. The van der Waals surface area contributed by atoms with Gasteiger partial charge in [0.2, 0.25) is 11.6 Å². The Morgan fingerprint density at radius 3 is 1.93 bits per heavy atom. The van der Waals surface area contributed by atoms with Crippen molar-refractivity contribution >= 4 is 23.3 Å². The van der Waals surface area contributed by atoms with Gasteiger partial charge in [0.1, 0.15) is 12.2 Å². The molecule has 0 heterocycles. The standard InChI is InChI=1S/C9H12O5/c1-2-3-6(10)4-7(11)8(12)5-9(13)14/h2-5H2,1H3,(H,13,14). The maximum absolute atomic E-state index is 10.9. The number of carboxylic acid groups (broad SMARTS) is 1. The monoisotopic (exact) mass is 200 g/mol. The molecule has 0 radical (unpaired) electrons. The molecular weight excluding hydrogens is 188 g/mol. The topological polar surface area (TPSA) is 88.5 Å². The van der Waals surface area contributed by atoms with Gasteiger partial charge in [0.05, 0.1) is 6.42 Å². The summed E-state index contributed by atoms with van der Waals surface area (Å²) in [7, 11) is 0. The van der Waals surface area contributed by atoms with Crippen LogP contribution in [0, 0.1) is 0 Å². The maximum atomic E-state index is 10.9. The summed E-state index contributed by atoms with van der Waals surface area (Å²) in [6.45, 7) is 1.78. The molecule has 0 aromatic heterocycles. The molecule has 0 rings (SSSR count). The number of hydrogen-bond donors (Lipinski definition) is 1. The number of ketones is 3. The van der Waals surface area contributed by atoms with Crippen LogP contribution < -0.4 is 0 Å². The lowest BCUT2D eigenvalue weighted by molar-refractivity contribution is -0.145. The van der Waals surface area contributed by atoms with Crippen molar-refractivity contribution in [2.24, 2.45) is 0 Å². The van der Waals surface area contributed by atoms with Gasteiger partial charge in [0.25, 0.3) is 0 Å². The third-order valence-corrected chi connectivity index (χ3v) is 1.51. The van der Waals surface area contributed by atoms with Crippen molar-refractivity contribution in [3.8, 4) is 0 Å². The summed E-state index contributed by atoms with van der Waals surface area (Å²) in [6.07, 6.45) is -0.455. The smallest absolute Gasteiger partial charge is 0.311 e. The molecule has 78 valence electrons. The predicted molar refractivity (Wildman–Crippen MR) is 46.8 cm³/mol. The van der Waals surface area contributed by atoms with E-state index in [1.165, 1.54) is 0 Å². The van der Waals surface area contributed by atoms with Crippen LogP contribution in [-0.4, -0.2) is 28.4 Å². The molecule has 0 unspecified atom stereocenters. The molecule has 0 aliphatic rings. The van der Waals surface area contributed by atoms with Crippen molar-refractivity contribution in [1.29, 1.82) is 0 Å². The molecule has 5 nitrogen and oxygen atoms in total. The van der Waals surface area contributed by atoms with Crippen molar-refractivity contribution in [1.82, 2.24) is 0 Å². The van der Waals surface area contributed by atoms with Crippen molar-refractivity contribution < 1.29 is 24.3 Å². The van der Waals surface area contributed by atoms with Crippen LogP contribution >= 0.6 is 0 Å². The van der Waals surface area contributed by atoms with Crippen LogP contribution in [0.4, 0.5) is 0 Å². The normalized spacial score (nSPS) is 9.50. The Labute approximate surface area is 81.1 Å². The van der Waals surface area contributed by atoms with Gasteiger partial charge in [-0.05, 0) is 6.42 Å². The lowest BCUT2D eigenvalue weighted by atomic mass is 10.1. The zero-order chi connectivity index (χ0) is 11.1. The summed E-state index contributed by atoms with van der Waals surface area (Å²) < 4.78 is 0. The second kappa shape index (κ2) is 6.01. The molecule has 0 saturated heterocycles. The number of carbonyl (C=O) groups excluding carboxylic acids is 3. The molecule has 0 bridgehead atoms. The highest BCUT2D eigenvalue weighted by Crippen LogP contribution is 1.98. The summed E-state index contributed by atoms with van der Waals surface area (Å²) in [5.41, 5.74) is 0. The van der Waals surface area contributed by atoms with Gasteiger partial charge >= 0.3 is 5.97 Å². The van der Waals surface area contributed by atoms with E-state index in [4.69, 9.17) is 5.11 Å². The second-order valence-corrected chi connectivity index (χ2v) is 2.88. The Kier molecular flexibility index (Phi) is 5.36. The summed E-state index contributed by atoms with van der Waals surface area (Å²) in [6, 6.07) is 0. The SMILES string of the molecule is CCCC(=O)CC(=O)C(=O)CC(=O)O. The van der Waals surface area contributed by atoms with E-state index in [2.05, 4.69) is 0 Å². The first-order chi connectivity index (χ1) is 6.47. The number of carboxylic acids is 1. The highest BCUT2D eigenvalue weighted by Gasteiger charge is 2.19. The molecule has 0 amide bonds. The number of carbonyl (C=O) groups is 4. The Morgan fingerprint density at radius 1 is 1.00 bits per heavy atom. The lowest BCUT2D eigenvalue weighted by Crippen LogP contribution is -2.20. The van der Waals surface area contributed by atoms with Gasteiger partial charge in [-0.2, -0.15) is 0 Å². The molecule has 0 saturated carbocycles. The van der Waals surface area contributed by atoms with Crippen LogP contribution in [0.5, 0.6) is 0 Å². The Bertz CT molecular complexity index is 266. The number of aliphatic carboxylic acids is 1. The number of rotatable bonds is 7. The van der Waals surface area contributed by atoms with E-state index in [1.54, 1.807) is 6.92 Å². The molecule has 0 fully saturated rings. The van der Waals surface area contributed by atoms with E-state index < -0.39 is 30.4 Å². The summed E-state index contributed by atoms with van der Waals surface area (Å²) >= 11 is 0. The average Bonchev–Trinajstić information content (AvgIpc) is 2.02. The van der Waals surface area contributed by atoms with E-state index in [0.29, 0.717) is 6.42 Å². The zero-order valence-electron chi connectivity index (χ0n) is 7.91. The Morgan fingerprint density at radius 2 is 1.50 bits per heavy atom. The minimum atomic E-state index is -1.36. The van der Waals surface area contributed by atoms with Crippen LogP contribution in [0.2, 0.25) is 0 Å². The maximum Gasteiger partial charge on any atom is 0.311 e. The summed E-state index contributed by atoms with van der Waals surface area (Å²) in [5.74, 6) is -3.60. The average molecular weight is 200 g/mol. The van der Waals surface area contributed by atoms with Gasteiger partial charge < -0.3 is 5.11 Å². The summed E-state index contributed by atoms with van der Waals surface area (Å²) in [4.78, 5) is 42.7. The van der Waals surface area contributed by atoms with E-state index in [0.717, 1.165) is 0 Å². The Hall–Kier alpha value is -1.52. The summed E-state index contributed by atoms with van der Waals surface area (Å²) in [5, 5.41) is 8.21. The van der Waals surface area contributed by atoms with Gasteiger partial charge in [-0.1, -0.05) is 6.92 Å². The zero-order valence-corrected chi connectivity index (χ0v) is 7.91. The third-order valence-electron chi connectivity index (χ3n) is 1.51. The fourth-order valence-electron chi connectivity index (χ4n) is 0.881. The minimum Gasteiger partial charge on any atom is -0.481 e. The second-order valence-electron chi connectivity index (χ2n) is 2.88. The van der Waals surface area contributed by atoms with E-state index in [-0.39, 0.29) is 12.2 Å². The van der Waals surface area contributed by atoms with Crippen LogP contribution in [0.25, 0.3) is 0 Å². The van der Waals surface area contributed by atoms with Crippen LogP contribution in [-0.2, 0) is 19.2 Å². The molecule has 14 heavy (non-hydrogen) atoms. The first-order valence-electron chi connectivity index (χ1n) is 4.26. The number of Topliss-reactive ketones (excluding diaryl/α,β-unsaturated/α-hetero) is 3. The molecule has 5 heteroatoms. The highest BCUT2D eigenvalue weighted by atomic mass is 16.4. The van der Waals surface area contributed by atoms with Crippen LogP contribution in [0.15, 0.2) is 0 Å². The van der Waals surface area contributed by atoms with Crippen molar-refractivity contribution in [2.75, 3.05) is 0 Å². The van der Waals surface area contributed by atoms with Gasteiger partial charge in [0.15, 0.2) is 0 Å². The fraction of sp³-hybridized carbons (Fsp3) is 0.556. The predicted octanol–water partition coefficient (Wildman–Crippen LogP) is 0.359. The fourth-order valence-corrected chi connectivity index (χ4v) is 0.881. The third kappa shape index (κ3) is 5.18. The van der Waals surface area contributed by atoms with E-state index >= 15 is 0 Å². The van der Waals surface area contributed by atoms with Gasteiger partial charge in [0, 0.05) is 6.42 Å². The van der Waals surface area contributed by atoms with E-state index in [9.17, 15) is 19.2 Å². The number of hydrogen-bond acceptors (Lipinski definition) is 4. The molecular formula is C9H12O5. The molecule has 1 N–H and O–H groups in total. The van der Waals surface area contributed by atoms with Crippen molar-refractivity contribution in [2.45, 2.75) is 32.6 Å². The largest absolute Gasteiger partial charge is 0.481 e. The van der Waals surface area contributed by atoms with Gasteiger partial charge in [-0.3, -0.25) is 19.2 Å². The Balaban J connectivity index is 4.02. The minimum absolute atomic E-state index is 0.242. The van der Waals surface area contributed by atoms with Gasteiger partial charge in [-0.15, -0.1) is 0 Å². The highest BCUT2D eigenvalue weighted by molar-refractivity contribution is 6.42. The lowest BCUT2D eigenvalue weighted by Gasteiger charge is -1.96.